The van der Waals surface area contributed by atoms with E-state index in [-0.39, 0.29) is 23.1 Å². The van der Waals surface area contributed by atoms with Gasteiger partial charge < -0.3 is 10.6 Å². The molecule has 5 nitrogen and oxygen atoms in total. The second-order valence-corrected chi connectivity index (χ2v) is 8.47. The highest BCUT2D eigenvalue weighted by molar-refractivity contribution is 5.79. The van der Waals surface area contributed by atoms with Crippen LogP contribution in [-0.2, 0) is 15.0 Å². The third-order valence-electron chi connectivity index (χ3n) is 6.27. The van der Waals surface area contributed by atoms with E-state index in [1.54, 1.807) is 0 Å². The largest absolute Gasteiger partial charge is 0.356 e. The third kappa shape index (κ3) is 5.81. The highest BCUT2D eigenvalue weighted by atomic mass is 16.2. The van der Waals surface area contributed by atoms with Crippen molar-refractivity contribution in [3.05, 3.63) is 35.9 Å². The predicted octanol–water partition coefficient (Wildman–Crippen LogP) is 2.85. The number of carbonyl (C=O) groups is 2. The van der Waals surface area contributed by atoms with Crippen molar-refractivity contribution >= 4 is 11.8 Å². The average molecular weight is 386 g/mol. The van der Waals surface area contributed by atoms with Crippen LogP contribution in [0.3, 0.4) is 0 Å². The van der Waals surface area contributed by atoms with Gasteiger partial charge in [0, 0.05) is 24.4 Å². The quantitative estimate of drug-likeness (QED) is 0.609. The fourth-order valence-electron chi connectivity index (χ4n) is 4.12. The molecule has 1 aromatic rings. The van der Waals surface area contributed by atoms with Crippen LogP contribution in [0.4, 0.5) is 0 Å². The third-order valence-corrected chi connectivity index (χ3v) is 6.27. The molecule has 1 aliphatic heterocycles. The molecular formula is C23H35N3O2. The van der Waals surface area contributed by atoms with Gasteiger partial charge in [-0.2, -0.15) is 0 Å². The lowest BCUT2D eigenvalue weighted by atomic mass is 9.95. The molecule has 2 aliphatic rings. The molecular weight excluding hydrogens is 350 g/mol. The van der Waals surface area contributed by atoms with Crippen LogP contribution in [0.25, 0.3) is 0 Å². The number of amides is 2. The van der Waals surface area contributed by atoms with Gasteiger partial charge in [0.1, 0.15) is 0 Å². The lowest BCUT2D eigenvalue weighted by Gasteiger charge is -2.31. The molecule has 2 fully saturated rings. The first-order valence-electron chi connectivity index (χ1n) is 11.0. The SMILES string of the molecule is CCCCCNC(=O)C1CCN(CC(=O)NCC2(c3ccccc3)CC2)CC1. The van der Waals surface area contributed by atoms with Crippen molar-refractivity contribution < 1.29 is 9.59 Å². The predicted molar refractivity (Wildman–Crippen MR) is 112 cm³/mol. The van der Waals surface area contributed by atoms with Crippen LogP contribution < -0.4 is 10.6 Å². The average Bonchev–Trinajstić information content (AvgIpc) is 3.52. The second-order valence-electron chi connectivity index (χ2n) is 8.47. The molecule has 154 valence electrons. The Morgan fingerprint density at radius 3 is 2.43 bits per heavy atom. The molecule has 5 heteroatoms. The second kappa shape index (κ2) is 10.1. The minimum absolute atomic E-state index is 0.102. The summed E-state index contributed by atoms with van der Waals surface area (Å²) in [7, 11) is 0. The molecule has 28 heavy (non-hydrogen) atoms. The number of carbonyl (C=O) groups excluding carboxylic acids is 2. The normalized spacial score (nSPS) is 19.2. The minimum Gasteiger partial charge on any atom is -0.356 e. The van der Waals surface area contributed by atoms with Crippen molar-refractivity contribution in [1.82, 2.24) is 15.5 Å². The number of likely N-dealkylation sites (tertiary alicyclic amines) is 1. The van der Waals surface area contributed by atoms with Gasteiger partial charge in [0.15, 0.2) is 0 Å². The van der Waals surface area contributed by atoms with Crippen molar-refractivity contribution in [3.63, 3.8) is 0 Å². The Balaban J connectivity index is 1.33. The lowest BCUT2D eigenvalue weighted by molar-refractivity contribution is -0.126. The summed E-state index contributed by atoms with van der Waals surface area (Å²) in [6.07, 6.45) is 7.39. The summed E-state index contributed by atoms with van der Waals surface area (Å²) < 4.78 is 0. The number of hydrogen-bond acceptors (Lipinski definition) is 3. The summed E-state index contributed by atoms with van der Waals surface area (Å²) >= 11 is 0. The summed E-state index contributed by atoms with van der Waals surface area (Å²) in [6, 6.07) is 10.5. The molecule has 3 rings (SSSR count). The zero-order valence-corrected chi connectivity index (χ0v) is 17.2. The van der Waals surface area contributed by atoms with E-state index >= 15 is 0 Å². The van der Waals surface area contributed by atoms with Crippen molar-refractivity contribution in [2.75, 3.05) is 32.7 Å². The molecule has 1 heterocycles. The summed E-state index contributed by atoms with van der Waals surface area (Å²) in [5.41, 5.74) is 1.49. The van der Waals surface area contributed by atoms with Gasteiger partial charge in [-0.25, -0.2) is 0 Å². The summed E-state index contributed by atoms with van der Waals surface area (Å²) in [5, 5.41) is 6.21. The Hall–Kier alpha value is -1.88. The van der Waals surface area contributed by atoms with E-state index in [9.17, 15) is 9.59 Å². The monoisotopic (exact) mass is 385 g/mol. The maximum Gasteiger partial charge on any atom is 0.234 e. The van der Waals surface area contributed by atoms with Crippen LogP contribution >= 0.6 is 0 Å². The number of nitrogens with one attached hydrogen (secondary N) is 2. The molecule has 1 aromatic carbocycles. The summed E-state index contributed by atoms with van der Waals surface area (Å²) in [6.45, 7) is 5.77. The number of piperidine rings is 1. The minimum atomic E-state index is 0.102. The van der Waals surface area contributed by atoms with Crippen LogP contribution in [0, 0.1) is 5.92 Å². The summed E-state index contributed by atoms with van der Waals surface area (Å²) in [5.74, 6) is 0.400. The van der Waals surface area contributed by atoms with Crippen molar-refractivity contribution in [1.29, 1.82) is 0 Å². The van der Waals surface area contributed by atoms with Crippen molar-refractivity contribution in [3.8, 4) is 0 Å². The van der Waals surface area contributed by atoms with Gasteiger partial charge in [-0.05, 0) is 50.8 Å². The molecule has 1 saturated carbocycles. The molecule has 0 spiro atoms. The Morgan fingerprint density at radius 2 is 1.79 bits per heavy atom. The van der Waals surface area contributed by atoms with Gasteiger partial charge in [0.05, 0.1) is 6.54 Å². The van der Waals surface area contributed by atoms with Crippen molar-refractivity contribution in [2.24, 2.45) is 5.92 Å². The summed E-state index contributed by atoms with van der Waals surface area (Å²) in [4.78, 5) is 26.8. The molecule has 0 aromatic heterocycles. The highest BCUT2D eigenvalue weighted by Gasteiger charge is 2.44. The van der Waals surface area contributed by atoms with Crippen LogP contribution in [0.5, 0.6) is 0 Å². The fraction of sp³-hybridized carbons (Fsp3) is 0.652. The highest BCUT2D eigenvalue weighted by Crippen LogP contribution is 2.47. The van der Waals surface area contributed by atoms with Crippen LogP contribution in [-0.4, -0.2) is 49.4 Å². The first kappa shape index (κ1) is 20.8. The zero-order chi connectivity index (χ0) is 19.8. The van der Waals surface area contributed by atoms with E-state index in [4.69, 9.17) is 0 Å². The lowest BCUT2D eigenvalue weighted by Crippen LogP contribution is -2.45. The van der Waals surface area contributed by atoms with Gasteiger partial charge in [-0.3, -0.25) is 14.5 Å². The number of unbranched alkanes of at least 4 members (excludes halogenated alkanes) is 2. The molecule has 1 aliphatic carbocycles. The smallest absolute Gasteiger partial charge is 0.234 e. The van der Waals surface area contributed by atoms with E-state index in [2.05, 4.69) is 46.7 Å². The maximum absolute atomic E-state index is 12.4. The number of nitrogens with zero attached hydrogens (tertiary/aromatic N) is 1. The standard InChI is InChI=1S/C23H35N3O2/c1-2-3-7-14-24-22(28)19-10-15-26(16-11-19)17-21(27)25-18-23(12-13-23)20-8-5-4-6-9-20/h4-6,8-9,19H,2-3,7,10-18H2,1H3,(H,24,28)(H,25,27). The van der Waals surface area contributed by atoms with Crippen LogP contribution in [0.1, 0.15) is 57.4 Å². The van der Waals surface area contributed by atoms with Crippen molar-refractivity contribution in [2.45, 2.75) is 57.3 Å². The molecule has 1 saturated heterocycles. The molecule has 0 bridgehead atoms. The molecule has 2 N–H and O–H groups in total. The Kier molecular flexibility index (Phi) is 7.49. The number of rotatable bonds is 10. The van der Waals surface area contributed by atoms with Crippen LogP contribution in [0.15, 0.2) is 30.3 Å². The van der Waals surface area contributed by atoms with E-state index in [1.165, 1.54) is 18.4 Å². The van der Waals surface area contributed by atoms with Gasteiger partial charge in [0.25, 0.3) is 0 Å². The fourth-order valence-corrected chi connectivity index (χ4v) is 4.12. The van der Waals surface area contributed by atoms with Gasteiger partial charge in [0.2, 0.25) is 11.8 Å². The molecule has 0 unspecified atom stereocenters. The number of hydrogen-bond donors (Lipinski definition) is 2. The maximum atomic E-state index is 12.4. The van der Waals surface area contributed by atoms with Gasteiger partial charge >= 0.3 is 0 Å². The first-order chi connectivity index (χ1) is 13.6. The topological polar surface area (TPSA) is 61.4 Å². The van der Waals surface area contributed by atoms with E-state index < -0.39 is 0 Å². The van der Waals surface area contributed by atoms with E-state index in [1.807, 2.05) is 6.07 Å². The Bertz CT molecular complexity index is 635. The molecule has 0 atom stereocenters. The van der Waals surface area contributed by atoms with Gasteiger partial charge in [-0.1, -0.05) is 50.1 Å². The van der Waals surface area contributed by atoms with Gasteiger partial charge in [-0.15, -0.1) is 0 Å². The zero-order valence-electron chi connectivity index (χ0n) is 17.2. The first-order valence-corrected chi connectivity index (χ1v) is 11.0. The number of benzene rings is 1. The Morgan fingerprint density at radius 1 is 1.07 bits per heavy atom. The van der Waals surface area contributed by atoms with E-state index in [0.29, 0.717) is 6.54 Å². The molecule has 2 amide bonds. The molecule has 0 radical (unpaired) electrons. The Labute approximate surface area is 169 Å². The van der Waals surface area contributed by atoms with E-state index in [0.717, 1.165) is 58.3 Å². The van der Waals surface area contributed by atoms with Crippen LogP contribution in [0.2, 0.25) is 0 Å².